The second-order valence-electron chi connectivity index (χ2n) is 5.11. The fraction of sp³-hybridized carbons (Fsp3) is 0.333. The lowest BCUT2D eigenvalue weighted by Gasteiger charge is -2.27. The molecule has 0 N–H and O–H groups in total. The minimum Gasteiger partial charge on any atom is -0.450 e. The molecule has 1 aliphatic rings. The first-order valence-electron chi connectivity index (χ1n) is 8.16. The minimum absolute atomic E-state index is 0.231. The molecule has 0 saturated carbocycles. The SMILES string of the molecule is CC.Clc1nc(N2CCOCC2)c2oc(-c3ccccc3)cc2n1. The van der Waals surface area contributed by atoms with Crippen molar-refractivity contribution in [1.29, 1.82) is 0 Å². The average molecular weight is 346 g/mol. The van der Waals surface area contributed by atoms with E-state index in [1.165, 1.54) is 0 Å². The molecule has 6 heteroatoms. The number of ether oxygens (including phenoxy) is 1. The lowest BCUT2D eigenvalue weighted by molar-refractivity contribution is 0.122. The Labute approximate surface area is 146 Å². The molecular weight excluding hydrogens is 326 g/mol. The van der Waals surface area contributed by atoms with E-state index in [4.69, 9.17) is 20.8 Å². The van der Waals surface area contributed by atoms with E-state index < -0.39 is 0 Å². The molecule has 1 saturated heterocycles. The number of anilines is 1. The third kappa shape index (κ3) is 3.37. The monoisotopic (exact) mass is 345 g/mol. The highest BCUT2D eigenvalue weighted by Crippen LogP contribution is 2.33. The van der Waals surface area contributed by atoms with Gasteiger partial charge in [0, 0.05) is 24.7 Å². The summed E-state index contributed by atoms with van der Waals surface area (Å²) in [6, 6.07) is 11.8. The van der Waals surface area contributed by atoms with Crippen LogP contribution in [0.3, 0.4) is 0 Å². The van der Waals surface area contributed by atoms with E-state index in [1.807, 2.05) is 50.2 Å². The second kappa shape index (κ2) is 7.64. The first-order chi connectivity index (χ1) is 11.8. The van der Waals surface area contributed by atoms with Gasteiger partial charge in [-0.25, -0.2) is 4.98 Å². The molecule has 3 aromatic rings. The van der Waals surface area contributed by atoms with E-state index in [-0.39, 0.29) is 5.28 Å². The lowest BCUT2D eigenvalue weighted by Crippen LogP contribution is -2.36. The molecule has 0 amide bonds. The number of aromatic nitrogens is 2. The van der Waals surface area contributed by atoms with Gasteiger partial charge < -0.3 is 14.1 Å². The summed E-state index contributed by atoms with van der Waals surface area (Å²) in [6.45, 7) is 6.89. The van der Waals surface area contributed by atoms with Crippen molar-refractivity contribution in [3.05, 3.63) is 41.7 Å². The zero-order valence-corrected chi connectivity index (χ0v) is 14.6. The molecule has 4 rings (SSSR count). The van der Waals surface area contributed by atoms with Crippen LogP contribution in [0.15, 0.2) is 40.8 Å². The number of rotatable bonds is 2. The van der Waals surface area contributed by atoms with Gasteiger partial charge in [0.25, 0.3) is 0 Å². The van der Waals surface area contributed by atoms with Crippen LogP contribution in [0.1, 0.15) is 13.8 Å². The van der Waals surface area contributed by atoms with E-state index in [1.54, 1.807) is 0 Å². The molecular formula is C18H20ClN3O2. The van der Waals surface area contributed by atoms with E-state index in [0.29, 0.717) is 18.8 Å². The van der Waals surface area contributed by atoms with Gasteiger partial charge in [-0.05, 0) is 11.6 Å². The van der Waals surface area contributed by atoms with E-state index in [0.717, 1.165) is 35.7 Å². The Balaban J connectivity index is 0.000000815. The molecule has 1 fully saturated rings. The molecule has 0 spiro atoms. The van der Waals surface area contributed by atoms with Gasteiger partial charge in [0.05, 0.1) is 13.2 Å². The number of benzene rings is 1. The summed E-state index contributed by atoms with van der Waals surface area (Å²) in [7, 11) is 0. The highest BCUT2D eigenvalue weighted by Gasteiger charge is 2.20. The number of hydrogen-bond donors (Lipinski definition) is 0. The normalized spacial score (nSPS) is 14.4. The lowest BCUT2D eigenvalue weighted by atomic mass is 10.2. The number of halogens is 1. The molecule has 0 radical (unpaired) electrons. The Hall–Kier alpha value is -2.11. The molecule has 0 atom stereocenters. The largest absolute Gasteiger partial charge is 0.450 e. The summed E-state index contributed by atoms with van der Waals surface area (Å²) in [5.74, 6) is 1.50. The third-order valence-electron chi connectivity index (χ3n) is 3.70. The summed E-state index contributed by atoms with van der Waals surface area (Å²) < 4.78 is 11.4. The van der Waals surface area contributed by atoms with Crippen LogP contribution in [0.5, 0.6) is 0 Å². The molecule has 0 aliphatic carbocycles. The van der Waals surface area contributed by atoms with Crippen LogP contribution in [-0.2, 0) is 4.74 Å². The fourth-order valence-electron chi connectivity index (χ4n) is 2.62. The zero-order valence-electron chi connectivity index (χ0n) is 13.8. The number of morpholine rings is 1. The van der Waals surface area contributed by atoms with E-state index in [9.17, 15) is 0 Å². The molecule has 24 heavy (non-hydrogen) atoms. The zero-order chi connectivity index (χ0) is 16.9. The second-order valence-corrected chi connectivity index (χ2v) is 5.44. The topological polar surface area (TPSA) is 51.4 Å². The van der Waals surface area contributed by atoms with Gasteiger partial charge in [0.15, 0.2) is 11.4 Å². The van der Waals surface area contributed by atoms with Crippen LogP contribution < -0.4 is 4.90 Å². The van der Waals surface area contributed by atoms with Crippen LogP contribution >= 0.6 is 11.6 Å². The summed E-state index contributed by atoms with van der Waals surface area (Å²) >= 11 is 6.08. The van der Waals surface area contributed by atoms with Gasteiger partial charge in [0.2, 0.25) is 5.28 Å². The molecule has 0 unspecified atom stereocenters. The van der Waals surface area contributed by atoms with Crippen molar-refractivity contribution >= 4 is 28.5 Å². The summed E-state index contributed by atoms with van der Waals surface area (Å²) in [4.78, 5) is 10.8. The summed E-state index contributed by atoms with van der Waals surface area (Å²) in [6.07, 6.45) is 0. The predicted octanol–water partition coefficient (Wildman–Crippen LogP) is 4.41. The van der Waals surface area contributed by atoms with Crippen LogP contribution in [0.25, 0.3) is 22.4 Å². The third-order valence-corrected chi connectivity index (χ3v) is 3.86. The molecule has 1 aliphatic heterocycles. The van der Waals surface area contributed by atoms with Gasteiger partial charge >= 0.3 is 0 Å². The van der Waals surface area contributed by atoms with Crippen molar-refractivity contribution in [1.82, 2.24) is 9.97 Å². The maximum Gasteiger partial charge on any atom is 0.225 e. The Morgan fingerprint density at radius 1 is 1.04 bits per heavy atom. The van der Waals surface area contributed by atoms with Gasteiger partial charge in [-0.2, -0.15) is 4.98 Å². The molecule has 3 heterocycles. The molecule has 126 valence electrons. The molecule has 2 aromatic heterocycles. The van der Waals surface area contributed by atoms with Crippen molar-refractivity contribution in [3.8, 4) is 11.3 Å². The highest BCUT2D eigenvalue weighted by molar-refractivity contribution is 6.28. The fourth-order valence-corrected chi connectivity index (χ4v) is 2.79. The predicted molar refractivity (Wildman–Crippen MR) is 96.6 cm³/mol. The van der Waals surface area contributed by atoms with Gasteiger partial charge in [-0.15, -0.1) is 0 Å². The molecule has 0 bridgehead atoms. The first-order valence-corrected chi connectivity index (χ1v) is 8.54. The maximum atomic E-state index is 6.08. The minimum atomic E-state index is 0.231. The molecule has 1 aromatic carbocycles. The Kier molecular flexibility index (Phi) is 5.33. The number of hydrogen-bond acceptors (Lipinski definition) is 5. The maximum absolute atomic E-state index is 6.08. The quantitative estimate of drug-likeness (QED) is 0.644. The Morgan fingerprint density at radius 2 is 1.75 bits per heavy atom. The molecule has 5 nitrogen and oxygen atoms in total. The smallest absolute Gasteiger partial charge is 0.225 e. The Morgan fingerprint density at radius 3 is 2.46 bits per heavy atom. The van der Waals surface area contributed by atoms with Crippen LogP contribution in [0.4, 0.5) is 5.82 Å². The van der Waals surface area contributed by atoms with Crippen LogP contribution in [0, 0.1) is 0 Å². The van der Waals surface area contributed by atoms with Gasteiger partial charge in [0.1, 0.15) is 11.3 Å². The van der Waals surface area contributed by atoms with Crippen molar-refractivity contribution < 1.29 is 9.15 Å². The summed E-state index contributed by atoms with van der Waals surface area (Å²) in [5.41, 5.74) is 2.40. The van der Waals surface area contributed by atoms with E-state index >= 15 is 0 Å². The van der Waals surface area contributed by atoms with Crippen LogP contribution in [0.2, 0.25) is 5.28 Å². The van der Waals surface area contributed by atoms with Crippen molar-refractivity contribution in [3.63, 3.8) is 0 Å². The highest BCUT2D eigenvalue weighted by atomic mass is 35.5. The van der Waals surface area contributed by atoms with Crippen molar-refractivity contribution in [2.75, 3.05) is 31.2 Å². The Bertz CT molecular complexity index is 799. The number of nitrogens with zero attached hydrogens (tertiary/aromatic N) is 3. The van der Waals surface area contributed by atoms with Crippen molar-refractivity contribution in [2.45, 2.75) is 13.8 Å². The standard InChI is InChI=1S/C16H14ClN3O2.C2H6/c17-16-18-12-10-13(11-4-2-1-3-5-11)22-14(12)15(19-16)20-6-8-21-9-7-20;1-2/h1-5,10H,6-9H2;1-2H3. The van der Waals surface area contributed by atoms with Gasteiger partial charge in [-0.3, -0.25) is 0 Å². The van der Waals surface area contributed by atoms with Crippen LogP contribution in [-0.4, -0.2) is 36.3 Å². The summed E-state index contributed by atoms with van der Waals surface area (Å²) in [5, 5.41) is 0.231. The van der Waals surface area contributed by atoms with Gasteiger partial charge in [-0.1, -0.05) is 44.2 Å². The first kappa shape index (κ1) is 16.7. The average Bonchev–Trinajstić information content (AvgIpc) is 3.08. The number of furan rings is 1. The number of fused-ring (bicyclic) bond motifs is 1. The van der Waals surface area contributed by atoms with E-state index in [2.05, 4.69) is 14.9 Å². The van der Waals surface area contributed by atoms with Crippen molar-refractivity contribution in [2.24, 2.45) is 0 Å².